The molecule has 0 heterocycles. The normalized spacial score (nSPS) is 32.7. The largest absolute Gasteiger partial charge is 0.212 e. The van der Waals surface area contributed by atoms with Gasteiger partial charge in [0, 0.05) is 16.4 Å². The van der Waals surface area contributed by atoms with Crippen LogP contribution in [0, 0.1) is 17.8 Å². The number of halogens is 3. The van der Waals surface area contributed by atoms with Gasteiger partial charge in [0.25, 0.3) is 0 Å². The number of aryl methyl sites for hydroxylation is 1. The number of allylic oxidation sites excluding steroid dienone is 3. The van der Waals surface area contributed by atoms with Crippen molar-refractivity contribution in [3.63, 3.8) is 0 Å². The summed E-state index contributed by atoms with van der Waals surface area (Å²) in [6, 6.07) is 6.62. The Balaban J connectivity index is 2.03. The minimum Gasteiger partial charge on any atom is -0.212 e. The van der Waals surface area contributed by atoms with Gasteiger partial charge < -0.3 is 0 Å². The Morgan fingerprint density at radius 3 is 2.10 bits per heavy atom. The fraction of sp³-hybridized carbons (Fsp3) is 0.444. The molecule has 0 aromatic heterocycles. The third kappa shape index (κ3) is 2.23. The van der Waals surface area contributed by atoms with Crippen molar-refractivity contribution >= 4 is 5.83 Å². The molecule has 0 nitrogen and oxygen atoms in total. The molecule has 1 fully saturated rings. The van der Waals surface area contributed by atoms with E-state index in [-0.39, 0.29) is 11.4 Å². The molecule has 0 N–H and O–H groups in total. The Kier molecular flexibility index (Phi) is 3.27. The van der Waals surface area contributed by atoms with Gasteiger partial charge in [-0.15, -0.1) is 0 Å². The zero-order valence-electron chi connectivity index (χ0n) is 12.3. The molecule has 3 aliphatic carbocycles. The van der Waals surface area contributed by atoms with Crippen molar-refractivity contribution in [1.29, 1.82) is 0 Å². The van der Waals surface area contributed by atoms with Crippen molar-refractivity contribution in [2.45, 2.75) is 39.5 Å². The maximum absolute atomic E-state index is 14.7. The molecule has 0 spiro atoms. The van der Waals surface area contributed by atoms with Crippen LogP contribution >= 0.6 is 0 Å². The van der Waals surface area contributed by atoms with Gasteiger partial charge in [0.1, 0.15) is 11.7 Å². The van der Waals surface area contributed by atoms with Crippen LogP contribution in [0.2, 0.25) is 0 Å². The lowest BCUT2D eigenvalue weighted by molar-refractivity contribution is 0.104. The molecule has 3 aliphatic rings. The minimum absolute atomic E-state index is 0.222. The fourth-order valence-electron chi connectivity index (χ4n) is 3.38. The van der Waals surface area contributed by atoms with Crippen molar-refractivity contribution in [3.8, 4) is 0 Å². The van der Waals surface area contributed by atoms with Crippen LogP contribution in [0.15, 0.2) is 42.0 Å². The highest BCUT2D eigenvalue weighted by Crippen LogP contribution is 2.60. The molecule has 112 valence electrons. The highest BCUT2D eigenvalue weighted by atomic mass is 19.2. The summed E-state index contributed by atoms with van der Waals surface area (Å²) in [7, 11) is 0. The summed E-state index contributed by atoms with van der Waals surface area (Å²) in [5, 5.41) is 0. The molecule has 21 heavy (non-hydrogen) atoms. The summed E-state index contributed by atoms with van der Waals surface area (Å²) in [6.45, 7) is 3.75. The van der Waals surface area contributed by atoms with E-state index in [1.807, 2.05) is 13.8 Å². The van der Waals surface area contributed by atoms with Crippen LogP contribution in [-0.4, -0.2) is 0 Å². The lowest BCUT2D eigenvalue weighted by Gasteiger charge is -2.47. The van der Waals surface area contributed by atoms with Crippen LogP contribution in [0.1, 0.15) is 43.7 Å². The molecule has 2 bridgehead atoms. The summed E-state index contributed by atoms with van der Waals surface area (Å²) in [5.41, 5.74) is -0.346. The predicted octanol–water partition coefficient (Wildman–Crippen LogP) is 6.04. The predicted molar refractivity (Wildman–Crippen MR) is 78.5 cm³/mol. The van der Waals surface area contributed by atoms with E-state index in [0.29, 0.717) is 25.7 Å². The van der Waals surface area contributed by atoms with Gasteiger partial charge in [0.15, 0.2) is 5.83 Å². The average Bonchev–Trinajstić information content (AvgIpc) is 2.48. The number of rotatable bonds is 2. The third-order valence-corrected chi connectivity index (χ3v) is 5.16. The molecule has 0 radical (unpaired) electrons. The van der Waals surface area contributed by atoms with Crippen molar-refractivity contribution in [2.75, 3.05) is 0 Å². The van der Waals surface area contributed by atoms with Crippen molar-refractivity contribution < 1.29 is 13.2 Å². The van der Waals surface area contributed by atoms with Gasteiger partial charge in [-0.05, 0) is 38.7 Å². The first kappa shape index (κ1) is 14.4. The lowest BCUT2D eigenvalue weighted by atomic mass is 9.57. The third-order valence-electron chi connectivity index (χ3n) is 5.16. The highest BCUT2D eigenvalue weighted by molar-refractivity contribution is 5.63. The van der Waals surface area contributed by atoms with Crippen LogP contribution in [0.25, 0.3) is 5.83 Å². The zero-order valence-corrected chi connectivity index (χ0v) is 12.3. The second-order valence-electron chi connectivity index (χ2n) is 6.70. The molecule has 0 unspecified atom stereocenters. The van der Waals surface area contributed by atoms with Crippen LogP contribution in [0.3, 0.4) is 0 Å². The standard InChI is InChI=1S/C18H19F3/c1-12-3-5-13(6-4-12)15(20)16(21)18-9-7-17(2,8-10-18)14(19)11-18/h3-6,11H,7-10H2,1-2H3/b16-15+. The maximum atomic E-state index is 14.7. The van der Waals surface area contributed by atoms with E-state index in [4.69, 9.17) is 0 Å². The second-order valence-corrected chi connectivity index (χ2v) is 6.70. The topological polar surface area (TPSA) is 0 Å². The Morgan fingerprint density at radius 1 is 1.00 bits per heavy atom. The molecular formula is C18H19F3. The molecule has 1 aromatic rings. The highest BCUT2D eigenvalue weighted by Gasteiger charge is 2.50. The Labute approximate surface area is 123 Å². The number of benzene rings is 1. The van der Waals surface area contributed by atoms with Gasteiger partial charge in [-0.1, -0.05) is 36.8 Å². The summed E-state index contributed by atoms with van der Waals surface area (Å²) in [4.78, 5) is 0. The van der Waals surface area contributed by atoms with Crippen molar-refractivity contribution in [3.05, 3.63) is 53.1 Å². The van der Waals surface area contributed by atoms with Crippen LogP contribution in [-0.2, 0) is 0 Å². The molecule has 1 saturated carbocycles. The SMILES string of the molecule is Cc1ccc(/C(F)=C(\F)C23C=C(F)C(C)(CC2)CC3)cc1. The molecule has 0 amide bonds. The van der Waals surface area contributed by atoms with Gasteiger partial charge in [-0.3, -0.25) is 0 Å². The molecule has 0 aliphatic heterocycles. The first-order chi connectivity index (χ1) is 9.86. The minimum atomic E-state index is -1.09. The number of fused-ring (bicyclic) bond motifs is 2. The Hall–Kier alpha value is -1.51. The van der Waals surface area contributed by atoms with E-state index < -0.39 is 22.5 Å². The number of hydrogen-bond donors (Lipinski definition) is 0. The average molecular weight is 292 g/mol. The first-order valence-electron chi connectivity index (χ1n) is 7.38. The van der Waals surface area contributed by atoms with Gasteiger partial charge >= 0.3 is 0 Å². The summed E-state index contributed by atoms with van der Waals surface area (Å²) in [6.07, 6.45) is 3.42. The van der Waals surface area contributed by atoms with Gasteiger partial charge in [-0.2, -0.15) is 0 Å². The van der Waals surface area contributed by atoms with E-state index in [2.05, 4.69) is 0 Å². The van der Waals surface area contributed by atoms with Crippen LogP contribution in [0.4, 0.5) is 13.2 Å². The van der Waals surface area contributed by atoms with Crippen LogP contribution < -0.4 is 0 Å². The Morgan fingerprint density at radius 2 is 1.57 bits per heavy atom. The van der Waals surface area contributed by atoms with E-state index in [1.54, 1.807) is 24.3 Å². The molecule has 0 saturated heterocycles. The first-order valence-corrected chi connectivity index (χ1v) is 7.38. The van der Waals surface area contributed by atoms with E-state index in [1.165, 1.54) is 6.08 Å². The molecular weight excluding hydrogens is 273 g/mol. The smallest absolute Gasteiger partial charge is 0.162 e. The van der Waals surface area contributed by atoms with Gasteiger partial charge in [0.05, 0.1) is 0 Å². The monoisotopic (exact) mass is 292 g/mol. The fourth-order valence-corrected chi connectivity index (χ4v) is 3.38. The van der Waals surface area contributed by atoms with Crippen LogP contribution in [0.5, 0.6) is 0 Å². The maximum Gasteiger partial charge on any atom is 0.162 e. The molecule has 1 aromatic carbocycles. The summed E-state index contributed by atoms with van der Waals surface area (Å²) < 4.78 is 43.3. The van der Waals surface area contributed by atoms with E-state index in [0.717, 1.165) is 5.56 Å². The van der Waals surface area contributed by atoms with Gasteiger partial charge in [-0.25, -0.2) is 13.2 Å². The van der Waals surface area contributed by atoms with E-state index in [9.17, 15) is 13.2 Å². The zero-order chi connectivity index (χ0) is 15.3. The summed E-state index contributed by atoms with van der Waals surface area (Å²) in [5.74, 6) is -1.96. The summed E-state index contributed by atoms with van der Waals surface area (Å²) >= 11 is 0. The molecule has 3 heteroatoms. The van der Waals surface area contributed by atoms with E-state index >= 15 is 0 Å². The van der Waals surface area contributed by atoms with Gasteiger partial charge in [0.2, 0.25) is 0 Å². The lowest BCUT2D eigenvalue weighted by Crippen LogP contribution is -2.38. The second kappa shape index (κ2) is 4.75. The quantitative estimate of drug-likeness (QED) is 0.623. The van der Waals surface area contributed by atoms with Crippen molar-refractivity contribution in [2.24, 2.45) is 10.8 Å². The number of hydrogen-bond acceptors (Lipinski definition) is 0. The molecule has 4 rings (SSSR count). The Bertz CT molecular complexity index is 614. The van der Waals surface area contributed by atoms with Crippen molar-refractivity contribution in [1.82, 2.24) is 0 Å². The molecule has 0 atom stereocenters.